The van der Waals surface area contributed by atoms with Gasteiger partial charge in [0.05, 0.1) is 43.9 Å². The van der Waals surface area contributed by atoms with Gasteiger partial charge in [-0.3, -0.25) is 4.79 Å². The van der Waals surface area contributed by atoms with Crippen LogP contribution in [0.25, 0.3) is 0 Å². The average Bonchev–Trinajstić information content (AvgIpc) is 3.13. The van der Waals surface area contributed by atoms with Crippen LogP contribution in [-0.4, -0.2) is 51.4 Å². The second kappa shape index (κ2) is 8.46. The summed E-state index contributed by atoms with van der Waals surface area (Å²) in [7, 11) is -3.52. The highest BCUT2D eigenvalue weighted by Gasteiger charge is 2.33. The molecule has 1 aliphatic rings. The van der Waals surface area contributed by atoms with E-state index in [1.165, 1.54) is 0 Å². The smallest absolute Gasteiger partial charge is 0.275 e. The summed E-state index contributed by atoms with van der Waals surface area (Å²) in [6.07, 6.45) is 1.57. The van der Waals surface area contributed by atoms with E-state index < -0.39 is 10.0 Å². The number of nitrogens with zero attached hydrogens (tertiary/aromatic N) is 1. The van der Waals surface area contributed by atoms with Crippen molar-refractivity contribution in [3.63, 3.8) is 0 Å². The van der Waals surface area contributed by atoms with Crippen LogP contribution in [0.4, 0.5) is 0 Å². The molecule has 0 spiro atoms. The number of hydrogen-bond acceptors (Lipinski definition) is 4. The first-order valence-electron chi connectivity index (χ1n) is 9.48. The number of sulfonamides is 1. The summed E-state index contributed by atoms with van der Waals surface area (Å²) in [5.74, 6) is 0.649. The van der Waals surface area contributed by atoms with E-state index in [1.807, 2.05) is 39.0 Å². The molecule has 2 aromatic rings. The van der Waals surface area contributed by atoms with Gasteiger partial charge in [-0.25, -0.2) is 8.42 Å². The van der Waals surface area contributed by atoms with Crippen LogP contribution in [0.1, 0.15) is 22.5 Å². The Morgan fingerprint density at radius 2 is 1.82 bits per heavy atom. The highest BCUT2D eigenvalue weighted by molar-refractivity contribution is 7.89. The maximum atomic E-state index is 13.1. The molecule has 1 fully saturated rings. The van der Waals surface area contributed by atoms with Crippen LogP contribution in [0.2, 0.25) is 0 Å². The Balaban J connectivity index is 1.56. The van der Waals surface area contributed by atoms with Gasteiger partial charge in [0.1, 0.15) is 5.76 Å². The van der Waals surface area contributed by atoms with Gasteiger partial charge >= 0.3 is 0 Å². The molecule has 0 saturated carbocycles. The monoisotopic (exact) mass is 406 g/mol. The maximum absolute atomic E-state index is 13.1. The fraction of sp³-hybridized carbons (Fsp3) is 0.450. The Kier molecular flexibility index (Phi) is 6.22. The Bertz CT molecular complexity index is 907. The van der Waals surface area contributed by atoms with Crippen LogP contribution in [0.15, 0.2) is 39.8 Å². The lowest BCUT2D eigenvalue weighted by atomic mass is 10.1. The molecule has 2 N–H and O–H groups in total. The van der Waals surface area contributed by atoms with Crippen LogP contribution in [-0.2, 0) is 21.4 Å². The molecule has 28 heavy (non-hydrogen) atoms. The van der Waals surface area contributed by atoms with Crippen LogP contribution < -0.4 is 10.2 Å². The van der Waals surface area contributed by atoms with Gasteiger partial charge in [-0.2, -0.15) is 4.31 Å². The largest absolute Gasteiger partial charge is 0.467 e. The molecule has 152 valence electrons. The molecule has 3 rings (SSSR count). The van der Waals surface area contributed by atoms with E-state index in [2.05, 4.69) is 5.32 Å². The van der Waals surface area contributed by atoms with E-state index in [-0.39, 0.29) is 5.91 Å². The number of amides is 1. The number of carbonyl (C=O) groups excluding carboxylic acids is 1. The van der Waals surface area contributed by atoms with Crippen LogP contribution in [0.3, 0.4) is 0 Å². The van der Waals surface area contributed by atoms with Crippen molar-refractivity contribution in [2.75, 3.05) is 32.7 Å². The van der Waals surface area contributed by atoms with E-state index in [0.29, 0.717) is 49.9 Å². The minimum absolute atomic E-state index is 0.0621. The SMILES string of the molecule is Cc1cc(C)c(S(=O)(=O)N2CC[NH+](CC(=O)NCc3ccco3)CC2)c(C)c1. The Hall–Kier alpha value is -2.16. The lowest BCUT2D eigenvalue weighted by Gasteiger charge is -2.32. The number of piperazine rings is 1. The fourth-order valence-electron chi connectivity index (χ4n) is 3.81. The van der Waals surface area contributed by atoms with Crippen molar-refractivity contribution >= 4 is 15.9 Å². The van der Waals surface area contributed by atoms with Crippen molar-refractivity contribution in [3.8, 4) is 0 Å². The number of rotatable bonds is 6. The Morgan fingerprint density at radius 3 is 2.39 bits per heavy atom. The zero-order valence-corrected chi connectivity index (χ0v) is 17.4. The van der Waals surface area contributed by atoms with E-state index in [0.717, 1.165) is 21.6 Å². The van der Waals surface area contributed by atoms with Gasteiger partial charge in [-0.1, -0.05) is 17.7 Å². The fourth-order valence-corrected chi connectivity index (χ4v) is 5.66. The molecule has 1 aliphatic heterocycles. The second-order valence-corrected chi connectivity index (χ2v) is 9.29. The quantitative estimate of drug-likeness (QED) is 0.728. The van der Waals surface area contributed by atoms with Gasteiger partial charge < -0.3 is 14.6 Å². The van der Waals surface area contributed by atoms with Gasteiger partial charge in [-0.05, 0) is 44.0 Å². The molecular formula is C20H28N3O4S+. The van der Waals surface area contributed by atoms with E-state index >= 15 is 0 Å². The predicted octanol–water partition coefficient (Wildman–Crippen LogP) is 0.410. The molecule has 1 aromatic carbocycles. The number of quaternary nitrogens is 1. The molecule has 8 heteroatoms. The van der Waals surface area contributed by atoms with Gasteiger partial charge in [-0.15, -0.1) is 0 Å². The third kappa shape index (κ3) is 4.63. The summed E-state index contributed by atoms with van der Waals surface area (Å²) >= 11 is 0. The molecule has 2 heterocycles. The van der Waals surface area contributed by atoms with Crippen molar-refractivity contribution in [2.45, 2.75) is 32.2 Å². The zero-order chi connectivity index (χ0) is 20.3. The molecular weight excluding hydrogens is 378 g/mol. The first kappa shape index (κ1) is 20.6. The summed E-state index contributed by atoms with van der Waals surface area (Å²) in [6, 6.07) is 7.41. The highest BCUT2D eigenvalue weighted by Crippen LogP contribution is 2.25. The van der Waals surface area contributed by atoms with Crippen LogP contribution >= 0.6 is 0 Å². The third-order valence-corrected chi connectivity index (χ3v) is 7.29. The number of furan rings is 1. The van der Waals surface area contributed by atoms with Crippen molar-refractivity contribution < 1.29 is 22.5 Å². The standard InChI is InChI=1S/C20H27N3O4S/c1-15-11-16(2)20(17(3)12-15)28(25,26)23-8-6-22(7-9-23)14-19(24)21-13-18-5-4-10-27-18/h4-5,10-12H,6-9,13-14H2,1-3H3,(H,21,24)/p+1. The Labute approximate surface area is 166 Å². The lowest BCUT2D eigenvalue weighted by molar-refractivity contribution is -0.895. The molecule has 0 bridgehead atoms. The third-order valence-electron chi connectivity index (χ3n) is 5.08. The number of carbonyl (C=O) groups is 1. The van der Waals surface area contributed by atoms with Gasteiger partial charge in [0, 0.05) is 0 Å². The van der Waals surface area contributed by atoms with Crippen molar-refractivity contribution in [3.05, 3.63) is 53.0 Å². The first-order valence-corrected chi connectivity index (χ1v) is 10.9. The highest BCUT2D eigenvalue weighted by atomic mass is 32.2. The minimum atomic E-state index is -3.52. The molecule has 0 radical (unpaired) electrons. The summed E-state index contributed by atoms with van der Waals surface area (Å²) < 4.78 is 33.0. The van der Waals surface area contributed by atoms with E-state index in [4.69, 9.17) is 4.42 Å². The van der Waals surface area contributed by atoms with E-state index in [9.17, 15) is 13.2 Å². The van der Waals surface area contributed by atoms with Gasteiger partial charge in [0.25, 0.3) is 5.91 Å². The van der Waals surface area contributed by atoms with Crippen LogP contribution in [0, 0.1) is 20.8 Å². The lowest BCUT2D eigenvalue weighted by Crippen LogP contribution is -3.15. The predicted molar refractivity (Wildman–Crippen MR) is 106 cm³/mol. The molecule has 7 nitrogen and oxygen atoms in total. The number of nitrogens with one attached hydrogen (secondary N) is 2. The minimum Gasteiger partial charge on any atom is -0.467 e. The number of hydrogen-bond donors (Lipinski definition) is 2. The normalized spacial score (nSPS) is 16.2. The average molecular weight is 407 g/mol. The molecule has 0 unspecified atom stereocenters. The van der Waals surface area contributed by atoms with E-state index in [1.54, 1.807) is 16.6 Å². The molecule has 1 saturated heterocycles. The Morgan fingerprint density at radius 1 is 1.18 bits per heavy atom. The first-order chi connectivity index (χ1) is 13.3. The van der Waals surface area contributed by atoms with Crippen molar-refractivity contribution in [1.29, 1.82) is 0 Å². The summed E-state index contributed by atoms with van der Waals surface area (Å²) in [5.41, 5.74) is 2.62. The van der Waals surface area contributed by atoms with Gasteiger partial charge in [0.2, 0.25) is 10.0 Å². The second-order valence-electron chi connectivity index (χ2n) is 7.41. The zero-order valence-electron chi connectivity index (χ0n) is 16.6. The summed E-state index contributed by atoms with van der Waals surface area (Å²) in [5, 5.41) is 2.83. The summed E-state index contributed by atoms with van der Waals surface area (Å²) in [4.78, 5) is 13.6. The number of aryl methyl sites for hydroxylation is 3. The molecule has 0 aliphatic carbocycles. The molecule has 1 aromatic heterocycles. The number of benzene rings is 1. The molecule has 0 atom stereocenters. The van der Waals surface area contributed by atoms with Crippen LogP contribution in [0.5, 0.6) is 0 Å². The van der Waals surface area contributed by atoms with Gasteiger partial charge in [0.15, 0.2) is 6.54 Å². The maximum Gasteiger partial charge on any atom is 0.275 e. The topological polar surface area (TPSA) is 84.1 Å². The van der Waals surface area contributed by atoms with Crippen molar-refractivity contribution in [1.82, 2.24) is 9.62 Å². The van der Waals surface area contributed by atoms with Crippen molar-refractivity contribution in [2.24, 2.45) is 0 Å². The molecule has 1 amide bonds. The summed E-state index contributed by atoms with van der Waals surface area (Å²) in [6.45, 7) is 8.40.